The van der Waals surface area contributed by atoms with Crippen LogP contribution in [-0.4, -0.2) is 42.9 Å². The van der Waals surface area contributed by atoms with Gasteiger partial charge in [-0.2, -0.15) is 0 Å². The summed E-state index contributed by atoms with van der Waals surface area (Å²) in [6, 6.07) is 13.7. The fourth-order valence-corrected chi connectivity index (χ4v) is 3.44. The quantitative estimate of drug-likeness (QED) is 0.836. The fourth-order valence-electron chi connectivity index (χ4n) is 3.44. The van der Waals surface area contributed by atoms with E-state index in [0.717, 1.165) is 30.2 Å². The van der Waals surface area contributed by atoms with Gasteiger partial charge >= 0.3 is 0 Å². The van der Waals surface area contributed by atoms with Gasteiger partial charge in [-0.15, -0.1) is 0 Å². The molecule has 1 fully saturated rings. The van der Waals surface area contributed by atoms with Crippen LogP contribution in [0.25, 0.3) is 0 Å². The number of benzene rings is 1. The SMILES string of the molecule is Cc1ccc(NC(=O)C[C@@H](C)CC(=O)N2CCN(c3cccc[nH+]3)CC2)cc1. The van der Waals surface area contributed by atoms with Crippen LogP contribution in [-0.2, 0) is 9.59 Å². The number of aromatic nitrogens is 1. The van der Waals surface area contributed by atoms with Crippen molar-refractivity contribution in [2.75, 3.05) is 36.4 Å². The Hall–Kier alpha value is -2.89. The zero-order chi connectivity index (χ0) is 19.9. The molecule has 1 aromatic heterocycles. The standard InChI is InChI=1S/C22H28N4O2/c1-17-6-8-19(9-7-17)24-21(27)15-18(2)16-22(28)26-13-11-25(12-14-26)20-5-3-4-10-23-20/h3-10,18H,11-16H2,1-2H3,(H,24,27)/p+1/t18-/m1/s1. The second kappa shape index (κ2) is 9.35. The lowest BCUT2D eigenvalue weighted by Crippen LogP contribution is -2.50. The van der Waals surface area contributed by atoms with Crippen LogP contribution in [0.3, 0.4) is 0 Å². The summed E-state index contributed by atoms with van der Waals surface area (Å²) < 4.78 is 0. The average molecular weight is 382 g/mol. The predicted molar refractivity (Wildman–Crippen MR) is 110 cm³/mol. The summed E-state index contributed by atoms with van der Waals surface area (Å²) >= 11 is 0. The minimum atomic E-state index is -0.0476. The maximum atomic E-state index is 12.6. The van der Waals surface area contributed by atoms with Gasteiger partial charge in [0, 0.05) is 24.6 Å². The van der Waals surface area contributed by atoms with Crippen molar-refractivity contribution in [1.82, 2.24) is 4.90 Å². The van der Waals surface area contributed by atoms with Crippen molar-refractivity contribution < 1.29 is 14.6 Å². The highest BCUT2D eigenvalue weighted by Crippen LogP contribution is 2.16. The Labute approximate surface area is 166 Å². The average Bonchev–Trinajstić information content (AvgIpc) is 2.70. The van der Waals surface area contributed by atoms with Crippen LogP contribution in [0.1, 0.15) is 25.3 Å². The Morgan fingerprint density at radius 3 is 2.39 bits per heavy atom. The molecule has 6 heteroatoms. The van der Waals surface area contributed by atoms with Gasteiger partial charge in [0.05, 0.1) is 19.3 Å². The molecule has 0 aliphatic carbocycles. The van der Waals surface area contributed by atoms with Crippen LogP contribution in [0.5, 0.6) is 0 Å². The number of carbonyl (C=O) groups is 2. The highest BCUT2D eigenvalue weighted by atomic mass is 16.2. The fraction of sp³-hybridized carbons (Fsp3) is 0.409. The number of H-pyrrole nitrogens is 1. The van der Waals surface area contributed by atoms with Gasteiger partial charge in [0.15, 0.2) is 0 Å². The number of pyridine rings is 1. The van der Waals surface area contributed by atoms with Crippen molar-refractivity contribution in [3.05, 3.63) is 54.2 Å². The maximum absolute atomic E-state index is 12.6. The number of anilines is 2. The molecule has 2 amide bonds. The molecule has 3 rings (SSSR count). The normalized spacial score (nSPS) is 15.2. The molecule has 2 aromatic rings. The number of hydrogen-bond acceptors (Lipinski definition) is 3. The molecule has 0 radical (unpaired) electrons. The molecule has 0 bridgehead atoms. The van der Waals surface area contributed by atoms with E-state index in [9.17, 15) is 9.59 Å². The molecule has 6 nitrogen and oxygen atoms in total. The molecule has 2 N–H and O–H groups in total. The number of rotatable bonds is 6. The van der Waals surface area contributed by atoms with E-state index in [4.69, 9.17) is 0 Å². The number of aromatic amines is 1. The molecule has 148 valence electrons. The minimum Gasteiger partial charge on any atom is -0.335 e. The summed E-state index contributed by atoms with van der Waals surface area (Å²) in [5.41, 5.74) is 1.95. The lowest BCUT2D eigenvalue weighted by Gasteiger charge is -2.31. The topological polar surface area (TPSA) is 66.8 Å². The van der Waals surface area contributed by atoms with Crippen molar-refractivity contribution in [2.24, 2.45) is 5.92 Å². The van der Waals surface area contributed by atoms with E-state index in [1.807, 2.05) is 67.4 Å². The highest BCUT2D eigenvalue weighted by Gasteiger charge is 2.27. The second-order valence-electron chi connectivity index (χ2n) is 7.54. The lowest BCUT2D eigenvalue weighted by atomic mass is 10.0. The first-order chi connectivity index (χ1) is 13.5. The lowest BCUT2D eigenvalue weighted by molar-refractivity contribution is -0.364. The zero-order valence-corrected chi connectivity index (χ0v) is 16.6. The van der Waals surface area contributed by atoms with Crippen molar-refractivity contribution >= 4 is 23.3 Å². The summed E-state index contributed by atoms with van der Waals surface area (Å²) in [5.74, 6) is 1.18. The highest BCUT2D eigenvalue weighted by molar-refractivity contribution is 5.91. The molecular formula is C22H29N4O2+. The predicted octanol–water partition coefficient (Wildman–Crippen LogP) is 2.51. The Morgan fingerprint density at radius 2 is 1.75 bits per heavy atom. The number of aryl methyl sites for hydroxylation is 1. The number of amides is 2. The van der Waals surface area contributed by atoms with Crippen LogP contribution in [0.4, 0.5) is 11.5 Å². The Morgan fingerprint density at radius 1 is 1.04 bits per heavy atom. The molecule has 1 aliphatic heterocycles. The van der Waals surface area contributed by atoms with E-state index < -0.39 is 0 Å². The first kappa shape index (κ1) is 19.9. The number of nitrogens with one attached hydrogen (secondary N) is 2. The molecular weight excluding hydrogens is 352 g/mol. The van der Waals surface area contributed by atoms with E-state index in [2.05, 4.69) is 15.2 Å². The number of carbonyl (C=O) groups excluding carboxylic acids is 2. The Kier molecular flexibility index (Phi) is 6.63. The molecule has 1 atom stereocenters. The monoisotopic (exact) mass is 381 g/mol. The van der Waals surface area contributed by atoms with Gasteiger partial charge < -0.3 is 10.2 Å². The third kappa shape index (κ3) is 5.55. The molecule has 0 unspecified atom stereocenters. The van der Waals surface area contributed by atoms with Gasteiger partial charge in [0.1, 0.15) is 13.1 Å². The third-order valence-electron chi connectivity index (χ3n) is 5.06. The second-order valence-corrected chi connectivity index (χ2v) is 7.54. The molecule has 2 heterocycles. The zero-order valence-electron chi connectivity index (χ0n) is 16.6. The molecule has 28 heavy (non-hydrogen) atoms. The molecule has 1 saturated heterocycles. The van der Waals surface area contributed by atoms with Gasteiger partial charge in [-0.05, 0) is 31.0 Å². The minimum absolute atomic E-state index is 0.0124. The van der Waals surface area contributed by atoms with Gasteiger partial charge in [-0.25, -0.2) is 4.98 Å². The molecule has 1 aliphatic rings. The van der Waals surface area contributed by atoms with Crippen LogP contribution >= 0.6 is 0 Å². The summed E-state index contributed by atoms with van der Waals surface area (Å²) in [6.45, 7) is 7.02. The van der Waals surface area contributed by atoms with Crippen molar-refractivity contribution in [1.29, 1.82) is 0 Å². The number of piperazine rings is 1. The van der Waals surface area contributed by atoms with Gasteiger partial charge in [0.25, 0.3) is 5.82 Å². The number of hydrogen-bond donors (Lipinski definition) is 1. The summed E-state index contributed by atoms with van der Waals surface area (Å²) in [5, 5.41) is 2.90. The molecule has 1 aromatic carbocycles. The van der Waals surface area contributed by atoms with Crippen LogP contribution < -0.4 is 15.2 Å². The Balaban J connectivity index is 1.41. The summed E-state index contributed by atoms with van der Waals surface area (Å²) in [7, 11) is 0. The van der Waals surface area contributed by atoms with E-state index in [-0.39, 0.29) is 17.7 Å². The maximum Gasteiger partial charge on any atom is 0.274 e. The molecule has 0 saturated carbocycles. The van der Waals surface area contributed by atoms with E-state index in [0.29, 0.717) is 25.9 Å². The van der Waals surface area contributed by atoms with Crippen molar-refractivity contribution in [3.63, 3.8) is 0 Å². The summed E-state index contributed by atoms with van der Waals surface area (Å²) in [6.07, 6.45) is 2.66. The Bertz CT molecular complexity index is 784. The third-order valence-corrected chi connectivity index (χ3v) is 5.06. The first-order valence-electron chi connectivity index (χ1n) is 9.87. The number of nitrogens with zero attached hydrogens (tertiary/aromatic N) is 2. The summed E-state index contributed by atoms with van der Waals surface area (Å²) in [4.78, 5) is 32.2. The first-order valence-corrected chi connectivity index (χ1v) is 9.87. The largest absolute Gasteiger partial charge is 0.335 e. The van der Waals surface area contributed by atoms with E-state index in [1.165, 1.54) is 0 Å². The van der Waals surface area contributed by atoms with Gasteiger partial charge in [-0.1, -0.05) is 30.7 Å². The van der Waals surface area contributed by atoms with Crippen LogP contribution in [0.2, 0.25) is 0 Å². The van der Waals surface area contributed by atoms with Crippen LogP contribution in [0.15, 0.2) is 48.7 Å². The van der Waals surface area contributed by atoms with Crippen LogP contribution in [0, 0.1) is 12.8 Å². The smallest absolute Gasteiger partial charge is 0.274 e. The molecule has 0 spiro atoms. The van der Waals surface area contributed by atoms with Gasteiger partial charge in [0.2, 0.25) is 11.8 Å². The van der Waals surface area contributed by atoms with Crippen molar-refractivity contribution in [3.8, 4) is 0 Å². The van der Waals surface area contributed by atoms with Gasteiger partial charge in [-0.3, -0.25) is 14.5 Å². The van der Waals surface area contributed by atoms with E-state index >= 15 is 0 Å². The van der Waals surface area contributed by atoms with E-state index in [1.54, 1.807) is 0 Å². The van der Waals surface area contributed by atoms with Crippen molar-refractivity contribution in [2.45, 2.75) is 26.7 Å².